The van der Waals surface area contributed by atoms with Gasteiger partial charge in [0.15, 0.2) is 0 Å². The first kappa shape index (κ1) is 11.0. The predicted octanol–water partition coefficient (Wildman–Crippen LogP) is 3.48. The van der Waals surface area contributed by atoms with Gasteiger partial charge in [0.05, 0.1) is 5.02 Å². The van der Waals surface area contributed by atoms with Crippen LogP contribution in [0.5, 0.6) is 0 Å². The molecule has 0 spiro atoms. The van der Waals surface area contributed by atoms with Gasteiger partial charge in [-0.2, -0.15) is 0 Å². The molecular formula is C11H7Cl2NO2. The molecule has 16 heavy (non-hydrogen) atoms. The average molecular weight is 256 g/mol. The van der Waals surface area contributed by atoms with Gasteiger partial charge in [-0.1, -0.05) is 23.2 Å². The van der Waals surface area contributed by atoms with Crippen molar-refractivity contribution in [2.24, 2.45) is 0 Å². The molecule has 0 amide bonds. The monoisotopic (exact) mass is 255 g/mol. The van der Waals surface area contributed by atoms with E-state index in [9.17, 15) is 4.79 Å². The summed E-state index contributed by atoms with van der Waals surface area (Å²) in [6.07, 6.45) is 1.55. The molecule has 82 valence electrons. The van der Waals surface area contributed by atoms with Gasteiger partial charge >= 0.3 is 5.97 Å². The summed E-state index contributed by atoms with van der Waals surface area (Å²) in [5.41, 5.74) is 0.820. The van der Waals surface area contributed by atoms with Gasteiger partial charge in [-0.3, -0.25) is 0 Å². The molecule has 1 aromatic heterocycles. The smallest absolute Gasteiger partial charge is 0.352 e. The number of carboxylic acids is 1. The first-order valence-electron chi connectivity index (χ1n) is 4.45. The lowest BCUT2D eigenvalue weighted by molar-refractivity contribution is 0.0688. The van der Waals surface area contributed by atoms with Gasteiger partial charge < -0.3 is 9.67 Å². The minimum atomic E-state index is -1.03. The van der Waals surface area contributed by atoms with Crippen molar-refractivity contribution in [1.82, 2.24) is 4.57 Å². The number of nitrogens with zero attached hydrogens (tertiary/aromatic N) is 1. The highest BCUT2D eigenvalue weighted by atomic mass is 35.5. The molecule has 5 heteroatoms. The molecule has 0 saturated carbocycles. The fraction of sp³-hybridized carbons (Fsp3) is 0. The Bertz CT molecular complexity index is 531. The lowest BCUT2D eigenvalue weighted by atomic mass is 10.3. The maximum absolute atomic E-state index is 11.0. The topological polar surface area (TPSA) is 42.2 Å². The molecule has 0 atom stereocenters. The third-order valence-electron chi connectivity index (χ3n) is 2.11. The Labute approximate surface area is 102 Å². The number of rotatable bonds is 2. The van der Waals surface area contributed by atoms with Crippen molar-refractivity contribution in [3.63, 3.8) is 0 Å². The number of benzene rings is 1. The summed E-state index contributed by atoms with van der Waals surface area (Å²) in [5.74, 6) is -1.03. The Balaban J connectivity index is 2.55. The maximum atomic E-state index is 11.0. The number of hydrogen-bond donors (Lipinski definition) is 1. The zero-order valence-electron chi connectivity index (χ0n) is 8.02. The molecule has 2 rings (SSSR count). The van der Waals surface area contributed by atoms with Gasteiger partial charge in [-0.05, 0) is 30.3 Å². The van der Waals surface area contributed by atoms with Crippen LogP contribution in [-0.4, -0.2) is 15.6 Å². The van der Waals surface area contributed by atoms with Gasteiger partial charge in [-0.25, -0.2) is 4.79 Å². The normalized spacial score (nSPS) is 10.4. The number of aromatic nitrogens is 1. The second kappa shape index (κ2) is 4.20. The molecule has 0 unspecified atom stereocenters. The molecule has 0 aliphatic rings. The number of carboxylic acid groups (broad SMARTS) is 1. The van der Waals surface area contributed by atoms with Gasteiger partial charge in [0.1, 0.15) is 5.69 Å². The molecule has 1 heterocycles. The minimum absolute atomic E-state index is 0.118. The SMILES string of the molecule is O=C(O)c1cc(Cl)cn1-c1ccc(Cl)cc1. The molecule has 0 aliphatic heterocycles. The summed E-state index contributed by atoms with van der Waals surface area (Å²) in [7, 11) is 0. The molecule has 0 fully saturated rings. The van der Waals surface area contributed by atoms with Gasteiger partial charge in [0.25, 0.3) is 0 Å². The van der Waals surface area contributed by atoms with Crippen molar-refractivity contribution in [2.75, 3.05) is 0 Å². The van der Waals surface area contributed by atoms with Crippen LogP contribution in [0.4, 0.5) is 0 Å². The van der Waals surface area contributed by atoms with Crippen LogP contribution in [0.25, 0.3) is 5.69 Å². The summed E-state index contributed by atoms with van der Waals surface area (Å²) < 4.78 is 1.50. The quantitative estimate of drug-likeness (QED) is 0.893. The van der Waals surface area contributed by atoms with E-state index >= 15 is 0 Å². The van der Waals surface area contributed by atoms with Crippen LogP contribution in [0.3, 0.4) is 0 Å². The van der Waals surface area contributed by atoms with E-state index in [0.29, 0.717) is 15.7 Å². The van der Waals surface area contributed by atoms with Crippen molar-refractivity contribution in [3.05, 3.63) is 52.3 Å². The predicted molar refractivity (Wildman–Crippen MR) is 62.7 cm³/mol. The van der Waals surface area contributed by atoms with Gasteiger partial charge in [-0.15, -0.1) is 0 Å². The second-order valence-corrected chi connectivity index (χ2v) is 4.07. The van der Waals surface area contributed by atoms with E-state index < -0.39 is 5.97 Å². The second-order valence-electron chi connectivity index (χ2n) is 3.20. The fourth-order valence-corrected chi connectivity index (χ4v) is 1.74. The van der Waals surface area contributed by atoms with Crippen LogP contribution in [0.15, 0.2) is 36.5 Å². The summed E-state index contributed by atoms with van der Waals surface area (Å²) in [5, 5.41) is 9.97. The first-order chi connectivity index (χ1) is 7.58. The lowest BCUT2D eigenvalue weighted by Gasteiger charge is -2.05. The van der Waals surface area contributed by atoms with E-state index in [2.05, 4.69) is 0 Å². The van der Waals surface area contributed by atoms with E-state index in [1.165, 1.54) is 10.6 Å². The molecule has 3 nitrogen and oxygen atoms in total. The van der Waals surface area contributed by atoms with E-state index in [0.717, 1.165) is 0 Å². The fourth-order valence-electron chi connectivity index (χ4n) is 1.41. The minimum Gasteiger partial charge on any atom is -0.477 e. The highest BCUT2D eigenvalue weighted by Gasteiger charge is 2.12. The largest absolute Gasteiger partial charge is 0.477 e. The Morgan fingerprint density at radius 2 is 1.75 bits per heavy atom. The Morgan fingerprint density at radius 3 is 2.31 bits per heavy atom. The lowest BCUT2D eigenvalue weighted by Crippen LogP contribution is -2.05. The van der Waals surface area contributed by atoms with Crippen molar-refractivity contribution in [2.45, 2.75) is 0 Å². The zero-order chi connectivity index (χ0) is 11.7. The van der Waals surface area contributed by atoms with E-state index in [-0.39, 0.29) is 5.69 Å². The van der Waals surface area contributed by atoms with Crippen LogP contribution < -0.4 is 0 Å². The summed E-state index contributed by atoms with van der Waals surface area (Å²) in [6.45, 7) is 0. The van der Waals surface area contributed by atoms with Crippen LogP contribution in [-0.2, 0) is 0 Å². The van der Waals surface area contributed by atoms with Crippen molar-refractivity contribution < 1.29 is 9.90 Å². The first-order valence-corrected chi connectivity index (χ1v) is 5.20. The molecule has 1 aromatic carbocycles. The van der Waals surface area contributed by atoms with Crippen molar-refractivity contribution >= 4 is 29.2 Å². The standard InChI is InChI=1S/C11H7Cl2NO2/c12-7-1-3-9(4-2-7)14-6-8(13)5-10(14)11(15)16/h1-6H,(H,15,16). The molecule has 0 aliphatic carbocycles. The maximum Gasteiger partial charge on any atom is 0.352 e. The number of aromatic carboxylic acids is 1. The van der Waals surface area contributed by atoms with Crippen molar-refractivity contribution in [1.29, 1.82) is 0 Å². The third kappa shape index (κ3) is 2.05. The Kier molecular flexibility index (Phi) is 2.90. The number of hydrogen-bond acceptors (Lipinski definition) is 1. The molecule has 0 bridgehead atoms. The molecule has 0 radical (unpaired) electrons. The third-order valence-corrected chi connectivity index (χ3v) is 2.57. The number of carbonyl (C=O) groups is 1. The zero-order valence-corrected chi connectivity index (χ0v) is 9.53. The van der Waals surface area contributed by atoms with Crippen LogP contribution >= 0.6 is 23.2 Å². The highest BCUT2D eigenvalue weighted by molar-refractivity contribution is 6.31. The summed E-state index contributed by atoms with van der Waals surface area (Å²) in [6, 6.07) is 8.24. The Hall–Kier alpha value is -1.45. The van der Waals surface area contributed by atoms with Gasteiger partial charge in [0, 0.05) is 16.9 Å². The summed E-state index contributed by atoms with van der Waals surface area (Å²) in [4.78, 5) is 11.0. The van der Waals surface area contributed by atoms with Crippen molar-refractivity contribution in [3.8, 4) is 5.69 Å². The summed E-state index contributed by atoms with van der Waals surface area (Å²) >= 11 is 11.5. The molecule has 1 N–H and O–H groups in total. The van der Waals surface area contributed by atoms with Crippen LogP contribution in [0, 0.1) is 0 Å². The highest BCUT2D eigenvalue weighted by Crippen LogP contribution is 2.20. The van der Waals surface area contributed by atoms with Crippen LogP contribution in [0.2, 0.25) is 10.0 Å². The van der Waals surface area contributed by atoms with E-state index in [1.807, 2.05) is 0 Å². The average Bonchev–Trinajstić information content (AvgIpc) is 2.61. The molecule has 0 saturated heterocycles. The Morgan fingerprint density at radius 1 is 1.12 bits per heavy atom. The van der Waals surface area contributed by atoms with E-state index in [1.54, 1.807) is 30.5 Å². The van der Waals surface area contributed by atoms with Crippen LogP contribution in [0.1, 0.15) is 10.5 Å². The molecular weight excluding hydrogens is 249 g/mol. The molecule has 2 aromatic rings. The number of halogens is 2. The van der Waals surface area contributed by atoms with E-state index in [4.69, 9.17) is 28.3 Å². The van der Waals surface area contributed by atoms with Gasteiger partial charge in [0.2, 0.25) is 0 Å².